The van der Waals surface area contributed by atoms with Gasteiger partial charge in [0, 0.05) is 37.5 Å². The van der Waals surface area contributed by atoms with Gasteiger partial charge in [-0.2, -0.15) is 0 Å². The molecule has 1 aromatic heterocycles. The zero-order chi connectivity index (χ0) is 16.8. The van der Waals surface area contributed by atoms with Crippen molar-refractivity contribution in [3.05, 3.63) is 59.8 Å². The molecule has 126 valence electrons. The molecule has 5 nitrogen and oxygen atoms in total. The molecule has 0 bridgehead atoms. The zero-order valence-electron chi connectivity index (χ0n) is 13.6. The van der Waals surface area contributed by atoms with Crippen LogP contribution in [-0.2, 0) is 6.61 Å². The Hall–Kier alpha value is -2.40. The summed E-state index contributed by atoms with van der Waals surface area (Å²) < 4.78 is 5.69. The molecule has 5 heteroatoms. The summed E-state index contributed by atoms with van der Waals surface area (Å²) in [7, 11) is 0. The Kier molecular flexibility index (Phi) is 5.43. The van der Waals surface area contributed by atoms with Crippen LogP contribution in [0.5, 0.6) is 5.88 Å². The molecule has 2 heterocycles. The third-order valence-corrected chi connectivity index (χ3v) is 4.37. The molecular weight excluding hydrogens is 304 g/mol. The van der Waals surface area contributed by atoms with Gasteiger partial charge in [-0.05, 0) is 30.4 Å². The molecule has 1 fully saturated rings. The van der Waals surface area contributed by atoms with Gasteiger partial charge in [-0.25, -0.2) is 4.98 Å². The van der Waals surface area contributed by atoms with E-state index >= 15 is 0 Å². The Morgan fingerprint density at radius 2 is 1.96 bits per heavy atom. The van der Waals surface area contributed by atoms with E-state index in [2.05, 4.69) is 4.98 Å². The number of carbonyl (C=O) groups is 1. The minimum atomic E-state index is -0.00153. The highest BCUT2D eigenvalue weighted by atomic mass is 16.5. The fourth-order valence-electron chi connectivity index (χ4n) is 2.85. The summed E-state index contributed by atoms with van der Waals surface area (Å²) in [6.45, 7) is 2.00. The predicted molar refractivity (Wildman–Crippen MR) is 90.7 cm³/mol. The number of ether oxygens (including phenoxy) is 1. The van der Waals surface area contributed by atoms with Crippen LogP contribution in [0.1, 0.15) is 28.8 Å². The Bertz CT molecular complexity index is 667. The van der Waals surface area contributed by atoms with Crippen LogP contribution in [-0.4, -0.2) is 40.6 Å². The summed E-state index contributed by atoms with van der Waals surface area (Å²) >= 11 is 0. The van der Waals surface area contributed by atoms with E-state index in [1.54, 1.807) is 18.3 Å². The number of likely N-dealkylation sites (tertiary alicyclic amines) is 1. The lowest BCUT2D eigenvalue weighted by molar-refractivity contribution is 0.0650. The van der Waals surface area contributed by atoms with Crippen molar-refractivity contribution in [2.45, 2.75) is 19.4 Å². The molecule has 0 spiro atoms. The molecule has 0 radical (unpaired) electrons. The molecule has 24 heavy (non-hydrogen) atoms. The molecule has 0 atom stereocenters. The number of nitrogens with zero attached hydrogens (tertiary/aromatic N) is 2. The van der Waals surface area contributed by atoms with E-state index in [0.717, 1.165) is 18.4 Å². The Labute approximate surface area is 141 Å². The molecule has 0 unspecified atom stereocenters. The summed E-state index contributed by atoms with van der Waals surface area (Å²) in [5.41, 5.74) is 1.65. The van der Waals surface area contributed by atoms with E-state index in [4.69, 9.17) is 4.74 Å². The minimum absolute atomic E-state index is 0.00153. The predicted octanol–water partition coefficient (Wildman–Crippen LogP) is 2.51. The average molecular weight is 326 g/mol. The lowest BCUT2D eigenvalue weighted by Crippen LogP contribution is -2.39. The van der Waals surface area contributed by atoms with E-state index in [9.17, 15) is 9.90 Å². The first-order valence-electron chi connectivity index (χ1n) is 8.29. The number of amides is 1. The maximum Gasteiger partial charge on any atom is 0.254 e. The summed E-state index contributed by atoms with van der Waals surface area (Å²) in [6, 6.07) is 13.3. The quantitative estimate of drug-likeness (QED) is 0.917. The van der Waals surface area contributed by atoms with Crippen LogP contribution in [0.25, 0.3) is 0 Å². The van der Waals surface area contributed by atoms with Crippen LogP contribution in [0.15, 0.2) is 48.7 Å². The molecule has 1 N–H and O–H groups in total. The van der Waals surface area contributed by atoms with E-state index in [1.807, 2.05) is 35.2 Å². The topological polar surface area (TPSA) is 62.7 Å². The Balaban J connectivity index is 1.61. The molecule has 0 saturated carbocycles. The van der Waals surface area contributed by atoms with Gasteiger partial charge < -0.3 is 14.7 Å². The van der Waals surface area contributed by atoms with E-state index in [0.29, 0.717) is 37.1 Å². The monoisotopic (exact) mass is 326 g/mol. The van der Waals surface area contributed by atoms with Crippen LogP contribution in [0.2, 0.25) is 0 Å². The number of pyridine rings is 1. The first-order valence-corrected chi connectivity index (χ1v) is 8.29. The van der Waals surface area contributed by atoms with Crippen LogP contribution < -0.4 is 4.74 Å². The minimum Gasteiger partial charge on any atom is -0.473 e. The first kappa shape index (κ1) is 16.5. The summed E-state index contributed by atoms with van der Waals surface area (Å²) in [5, 5.41) is 9.19. The summed E-state index contributed by atoms with van der Waals surface area (Å²) in [5.74, 6) is 0.768. The smallest absolute Gasteiger partial charge is 0.254 e. The van der Waals surface area contributed by atoms with Gasteiger partial charge in [-0.3, -0.25) is 4.79 Å². The third kappa shape index (κ3) is 4.11. The number of aromatic nitrogens is 1. The number of aliphatic hydroxyl groups is 1. The third-order valence-electron chi connectivity index (χ3n) is 4.37. The van der Waals surface area contributed by atoms with Gasteiger partial charge in [0.15, 0.2) is 0 Å². The SMILES string of the molecule is O=C(c1ccnc(OCc2ccccc2)c1)N1CCC(CO)CC1. The number of aliphatic hydroxyl groups excluding tert-OH is 1. The number of rotatable bonds is 5. The number of benzene rings is 1. The van der Waals surface area contributed by atoms with Crippen LogP contribution in [0.3, 0.4) is 0 Å². The highest BCUT2D eigenvalue weighted by Crippen LogP contribution is 2.20. The standard InChI is InChI=1S/C19H22N2O3/c22-13-15-7-10-21(11-8-15)19(23)17-6-9-20-18(12-17)24-14-16-4-2-1-3-5-16/h1-6,9,12,15,22H,7-8,10-11,13-14H2. The first-order chi connectivity index (χ1) is 11.8. The number of piperidine rings is 1. The lowest BCUT2D eigenvalue weighted by Gasteiger charge is -2.31. The van der Waals surface area contributed by atoms with Gasteiger partial charge in [0.1, 0.15) is 6.61 Å². The van der Waals surface area contributed by atoms with Crippen molar-refractivity contribution in [3.8, 4) is 5.88 Å². The maximum absolute atomic E-state index is 12.6. The molecular formula is C19H22N2O3. The summed E-state index contributed by atoms with van der Waals surface area (Å²) in [4.78, 5) is 18.6. The van der Waals surface area contributed by atoms with E-state index in [1.165, 1.54) is 0 Å². The fraction of sp³-hybridized carbons (Fsp3) is 0.368. The molecule has 3 rings (SSSR count). The molecule has 2 aromatic rings. The van der Waals surface area contributed by atoms with Crippen molar-refractivity contribution in [1.82, 2.24) is 9.88 Å². The van der Waals surface area contributed by atoms with E-state index < -0.39 is 0 Å². The van der Waals surface area contributed by atoms with Crippen molar-refractivity contribution in [2.75, 3.05) is 19.7 Å². The zero-order valence-corrected chi connectivity index (χ0v) is 13.6. The summed E-state index contributed by atoms with van der Waals surface area (Å²) in [6.07, 6.45) is 3.31. The van der Waals surface area contributed by atoms with Gasteiger partial charge in [0.2, 0.25) is 5.88 Å². The molecule has 1 saturated heterocycles. The lowest BCUT2D eigenvalue weighted by atomic mass is 9.97. The molecule has 1 aromatic carbocycles. The molecule has 1 aliphatic rings. The second-order valence-electron chi connectivity index (χ2n) is 6.08. The molecule has 1 amide bonds. The number of hydrogen-bond donors (Lipinski definition) is 1. The van der Waals surface area contributed by atoms with Crippen LogP contribution >= 0.6 is 0 Å². The van der Waals surface area contributed by atoms with Crippen molar-refractivity contribution in [2.24, 2.45) is 5.92 Å². The largest absolute Gasteiger partial charge is 0.473 e. The van der Waals surface area contributed by atoms with Crippen molar-refractivity contribution in [1.29, 1.82) is 0 Å². The maximum atomic E-state index is 12.6. The van der Waals surface area contributed by atoms with Crippen LogP contribution in [0.4, 0.5) is 0 Å². The average Bonchev–Trinajstić information content (AvgIpc) is 2.67. The van der Waals surface area contributed by atoms with Crippen molar-refractivity contribution < 1.29 is 14.6 Å². The highest BCUT2D eigenvalue weighted by molar-refractivity contribution is 5.94. The molecule has 1 aliphatic heterocycles. The van der Waals surface area contributed by atoms with Gasteiger partial charge in [-0.1, -0.05) is 30.3 Å². The second-order valence-corrected chi connectivity index (χ2v) is 6.08. The van der Waals surface area contributed by atoms with Gasteiger partial charge in [-0.15, -0.1) is 0 Å². The van der Waals surface area contributed by atoms with Crippen molar-refractivity contribution >= 4 is 5.91 Å². The van der Waals surface area contributed by atoms with Gasteiger partial charge in [0.05, 0.1) is 0 Å². The van der Waals surface area contributed by atoms with Crippen molar-refractivity contribution in [3.63, 3.8) is 0 Å². The number of carbonyl (C=O) groups excluding carboxylic acids is 1. The van der Waals surface area contributed by atoms with Gasteiger partial charge >= 0.3 is 0 Å². The Morgan fingerprint density at radius 3 is 2.67 bits per heavy atom. The van der Waals surface area contributed by atoms with E-state index in [-0.39, 0.29) is 12.5 Å². The van der Waals surface area contributed by atoms with Crippen LogP contribution in [0, 0.1) is 5.92 Å². The fourth-order valence-corrected chi connectivity index (χ4v) is 2.85. The second kappa shape index (κ2) is 7.93. The molecule has 0 aliphatic carbocycles. The Morgan fingerprint density at radius 1 is 1.21 bits per heavy atom. The normalized spacial score (nSPS) is 15.3. The number of hydrogen-bond acceptors (Lipinski definition) is 4. The van der Waals surface area contributed by atoms with Gasteiger partial charge in [0.25, 0.3) is 5.91 Å². The highest BCUT2D eigenvalue weighted by Gasteiger charge is 2.23.